The number of aromatic nitrogens is 3. The molecule has 2 N–H and O–H groups in total. The summed E-state index contributed by atoms with van der Waals surface area (Å²) in [6.07, 6.45) is 0.852. The fourth-order valence-corrected chi connectivity index (χ4v) is 3.79. The third kappa shape index (κ3) is 4.18. The van der Waals surface area contributed by atoms with Crippen molar-refractivity contribution in [3.63, 3.8) is 0 Å². The summed E-state index contributed by atoms with van der Waals surface area (Å²) in [5, 5.41) is 15.4. The molecule has 0 aliphatic carbocycles. The van der Waals surface area contributed by atoms with Gasteiger partial charge in [0.1, 0.15) is 11.6 Å². The lowest BCUT2D eigenvalue weighted by Gasteiger charge is -2.28. The van der Waals surface area contributed by atoms with Crippen LogP contribution < -0.4 is 24.8 Å². The Morgan fingerprint density at radius 2 is 1.97 bits per heavy atom. The number of fused-ring (bicyclic) bond motifs is 2. The molecule has 1 aromatic heterocycles. The topological polar surface area (TPSA) is 94.8 Å². The zero-order valence-corrected chi connectivity index (χ0v) is 18.2. The van der Waals surface area contributed by atoms with Crippen molar-refractivity contribution in [3.05, 3.63) is 65.2 Å². The lowest BCUT2D eigenvalue weighted by molar-refractivity contribution is 0.174. The summed E-state index contributed by atoms with van der Waals surface area (Å²) >= 11 is 0. The Morgan fingerprint density at radius 3 is 2.84 bits per heavy atom. The van der Waals surface area contributed by atoms with Gasteiger partial charge in [-0.05, 0) is 30.7 Å². The lowest BCUT2D eigenvalue weighted by Crippen LogP contribution is -2.41. The molecule has 1 atom stereocenters. The molecule has 2 aliphatic heterocycles. The molecule has 32 heavy (non-hydrogen) atoms. The van der Waals surface area contributed by atoms with E-state index in [0.29, 0.717) is 25.7 Å². The van der Waals surface area contributed by atoms with Gasteiger partial charge in [-0.1, -0.05) is 24.3 Å². The largest absolute Gasteiger partial charge is 0.493 e. The molecule has 2 aliphatic rings. The van der Waals surface area contributed by atoms with Gasteiger partial charge < -0.3 is 29.4 Å². The molecule has 3 heterocycles. The van der Waals surface area contributed by atoms with Crippen molar-refractivity contribution in [2.75, 3.05) is 13.4 Å². The van der Waals surface area contributed by atoms with Crippen molar-refractivity contribution in [2.45, 2.75) is 32.5 Å². The molecule has 9 nitrogen and oxygen atoms in total. The average Bonchev–Trinajstić information content (AvgIpc) is 3.42. The number of nitrogens with one attached hydrogen (secondary N) is 2. The van der Waals surface area contributed by atoms with Gasteiger partial charge in [0, 0.05) is 19.0 Å². The summed E-state index contributed by atoms with van der Waals surface area (Å²) in [5.74, 6) is 4.85. The van der Waals surface area contributed by atoms with Crippen molar-refractivity contribution in [2.24, 2.45) is 12.0 Å². The van der Waals surface area contributed by atoms with Gasteiger partial charge in [0.2, 0.25) is 6.79 Å². The number of rotatable bonds is 5. The van der Waals surface area contributed by atoms with Gasteiger partial charge in [-0.2, -0.15) is 0 Å². The number of ether oxygens (including phenoxy) is 3. The molecule has 0 fully saturated rings. The van der Waals surface area contributed by atoms with E-state index >= 15 is 0 Å². The van der Waals surface area contributed by atoms with E-state index in [4.69, 9.17) is 19.2 Å². The van der Waals surface area contributed by atoms with Crippen LogP contribution in [-0.2, 0) is 20.1 Å². The minimum atomic E-state index is 0.101. The fraction of sp³-hybridized carbons (Fsp3) is 0.348. The minimum absolute atomic E-state index is 0.101. The van der Waals surface area contributed by atoms with Crippen molar-refractivity contribution in [3.8, 4) is 17.2 Å². The number of nitrogens with zero attached hydrogens (tertiary/aromatic N) is 4. The Morgan fingerprint density at radius 1 is 1.09 bits per heavy atom. The van der Waals surface area contributed by atoms with Gasteiger partial charge in [-0.3, -0.25) is 0 Å². The van der Waals surface area contributed by atoms with Crippen molar-refractivity contribution in [1.29, 1.82) is 0 Å². The predicted molar refractivity (Wildman–Crippen MR) is 119 cm³/mol. The lowest BCUT2D eigenvalue weighted by atomic mass is 10.0. The zero-order valence-electron chi connectivity index (χ0n) is 18.2. The maximum Gasteiger partial charge on any atom is 0.231 e. The summed E-state index contributed by atoms with van der Waals surface area (Å²) in [7, 11) is 1.96. The third-order valence-corrected chi connectivity index (χ3v) is 5.72. The van der Waals surface area contributed by atoms with E-state index in [0.717, 1.165) is 46.4 Å². The van der Waals surface area contributed by atoms with Gasteiger partial charge in [-0.25, -0.2) is 4.99 Å². The van der Waals surface area contributed by atoms with Gasteiger partial charge in [-0.15, -0.1) is 10.2 Å². The second-order valence-corrected chi connectivity index (χ2v) is 7.80. The molecule has 166 valence electrons. The van der Waals surface area contributed by atoms with Crippen LogP contribution in [0.4, 0.5) is 0 Å². The van der Waals surface area contributed by atoms with Crippen LogP contribution in [0.1, 0.15) is 35.2 Å². The Balaban J connectivity index is 1.36. The summed E-state index contributed by atoms with van der Waals surface area (Å²) in [5.41, 5.74) is 2.17. The molecular formula is C23H26N6O3. The quantitative estimate of drug-likeness (QED) is 0.471. The average molecular weight is 435 g/mol. The van der Waals surface area contributed by atoms with E-state index in [-0.39, 0.29) is 12.8 Å². The molecule has 1 unspecified atom stereocenters. The molecule has 3 aromatic rings. The normalized spacial score (nSPS) is 16.9. The van der Waals surface area contributed by atoms with E-state index in [1.807, 2.05) is 54.9 Å². The van der Waals surface area contributed by atoms with E-state index in [1.165, 1.54) is 0 Å². The Kier molecular flexibility index (Phi) is 5.53. The highest BCUT2D eigenvalue weighted by molar-refractivity contribution is 5.80. The Bertz CT molecular complexity index is 1140. The molecule has 9 heteroatoms. The summed E-state index contributed by atoms with van der Waals surface area (Å²) in [4.78, 5) is 4.84. The minimum Gasteiger partial charge on any atom is -0.493 e. The van der Waals surface area contributed by atoms with Gasteiger partial charge in [0.15, 0.2) is 23.3 Å². The summed E-state index contributed by atoms with van der Waals surface area (Å²) in [6, 6.07) is 14.1. The highest BCUT2D eigenvalue weighted by atomic mass is 16.7. The number of aliphatic imine (C=N–C) groups is 1. The standard InChI is InChI=1S/C23H26N6O3/c1-15-27-28-22(29(15)2)13-25-23(24-12-16-7-8-20-21(11-16)32-14-31-20)26-18-9-10-30-19-6-4-3-5-17(18)19/h3-8,11,18H,9-10,12-14H2,1-2H3,(H2,24,25,26). The number of para-hydroxylation sites is 1. The fourth-order valence-electron chi connectivity index (χ4n) is 3.79. The third-order valence-electron chi connectivity index (χ3n) is 5.72. The highest BCUT2D eigenvalue weighted by Gasteiger charge is 2.22. The smallest absolute Gasteiger partial charge is 0.231 e. The van der Waals surface area contributed by atoms with Crippen molar-refractivity contribution >= 4 is 5.96 Å². The van der Waals surface area contributed by atoms with Crippen LogP contribution in [0.25, 0.3) is 0 Å². The van der Waals surface area contributed by atoms with Gasteiger partial charge >= 0.3 is 0 Å². The van der Waals surface area contributed by atoms with Gasteiger partial charge in [0.05, 0.1) is 25.7 Å². The maximum absolute atomic E-state index is 5.81. The van der Waals surface area contributed by atoms with Crippen LogP contribution >= 0.6 is 0 Å². The van der Waals surface area contributed by atoms with Gasteiger partial charge in [0.25, 0.3) is 0 Å². The predicted octanol–water partition coefficient (Wildman–Crippen LogP) is 2.61. The SMILES string of the molecule is Cc1nnc(CNC(=NCc2ccc3c(c2)OCO3)NC2CCOc3ccccc32)n1C. The number of aryl methyl sites for hydroxylation is 1. The second-order valence-electron chi connectivity index (χ2n) is 7.80. The molecule has 5 rings (SSSR count). The first-order valence-electron chi connectivity index (χ1n) is 10.7. The molecule has 0 amide bonds. The molecular weight excluding hydrogens is 408 g/mol. The zero-order chi connectivity index (χ0) is 21.9. The Hall–Kier alpha value is -3.75. The van der Waals surface area contributed by atoms with E-state index < -0.39 is 0 Å². The summed E-state index contributed by atoms with van der Waals surface area (Å²) < 4.78 is 18.7. The highest BCUT2D eigenvalue weighted by Crippen LogP contribution is 2.33. The molecule has 0 saturated heterocycles. The monoisotopic (exact) mass is 434 g/mol. The van der Waals surface area contributed by atoms with Crippen LogP contribution in [0.5, 0.6) is 17.2 Å². The number of benzene rings is 2. The molecule has 0 bridgehead atoms. The van der Waals surface area contributed by atoms with E-state index in [9.17, 15) is 0 Å². The first kappa shape index (κ1) is 20.2. The van der Waals surface area contributed by atoms with Crippen LogP contribution in [0.2, 0.25) is 0 Å². The molecule has 0 spiro atoms. The second kappa shape index (κ2) is 8.78. The van der Waals surface area contributed by atoms with Crippen LogP contribution in [0.3, 0.4) is 0 Å². The Labute approximate surface area is 186 Å². The first-order chi connectivity index (χ1) is 15.7. The molecule has 0 saturated carbocycles. The number of hydrogen-bond acceptors (Lipinski definition) is 6. The van der Waals surface area contributed by atoms with E-state index in [2.05, 4.69) is 26.9 Å². The molecule has 0 radical (unpaired) electrons. The van der Waals surface area contributed by atoms with Crippen LogP contribution in [-0.4, -0.2) is 34.1 Å². The maximum atomic E-state index is 5.81. The van der Waals surface area contributed by atoms with E-state index in [1.54, 1.807) is 0 Å². The summed E-state index contributed by atoms with van der Waals surface area (Å²) in [6.45, 7) is 3.86. The first-order valence-corrected chi connectivity index (χ1v) is 10.7. The number of guanidine groups is 1. The van der Waals surface area contributed by atoms with Crippen LogP contribution in [0.15, 0.2) is 47.5 Å². The number of hydrogen-bond donors (Lipinski definition) is 2. The van der Waals surface area contributed by atoms with Crippen molar-refractivity contribution < 1.29 is 14.2 Å². The van der Waals surface area contributed by atoms with Crippen molar-refractivity contribution in [1.82, 2.24) is 25.4 Å². The molecule has 2 aromatic carbocycles. The van der Waals surface area contributed by atoms with Crippen LogP contribution in [0, 0.1) is 6.92 Å².